The molecule has 1 aromatic heterocycles. The molecule has 0 fully saturated rings. The van der Waals surface area contributed by atoms with Gasteiger partial charge in [0.15, 0.2) is 0 Å². The molecule has 0 radical (unpaired) electrons. The minimum atomic E-state index is -0.0982. The number of aromatic nitrogens is 2. The highest BCUT2D eigenvalue weighted by Crippen LogP contribution is 2.23. The van der Waals surface area contributed by atoms with Gasteiger partial charge in [-0.2, -0.15) is 0 Å². The summed E-state index contributed by atoms with van der Waals surface area (Å²) >= 11 is 0. The molecule has 5 heteroatoms. The van der Waals surface area contributed by atoms with E-state index in [2.05, 4.69) is 15.3 Å². The van der Waals surface area contributed by atoms with Crippen LogP contribution in [0.2, 0.25) is 0 Å². The molecule has 0 atom stereocenters. The van der Waals surface area contributed by atoms with Crippen LogP contribution < -0.4 is 5.32 Å². The summed E-state index contributed by atoms with van der Waals surface area (Å²) in [5.74, 6) is 0.341. The first-order valence-corrected chi connectivity index (χ1v) is 9.89. The van der Waals surface area contributed by atoms with Gasteiger partial charge in [-0.15, -0.1) is 0 Å². The highest BCUT2D eigenvalue weighted by molar-refractivity contribution is 5.93. The Hall–Kier alpha value is -3.21. The molecular weight excluding hydrogens is 360 g/mol. The summed E-state index contributed by atoms with van der Waals surface area (Å²) in [5.41, 5.74) is 5.43. The van der Waals surface area contributed by atoms with Crippen molar-refractivity contribution < 1.29 is 4.79 Å². The summed E-state index contributed by atoms with van der Waals surface area (Å²) in [6.45, 7) is 10.5. The molecule has 0 bridgehead atoms. The average molecular weight is 389 g/mol. The van der Waals surface area contributed by atoms with Gasteiger partial charge in [-0.05, 0) is 57.4 Å². The molecule has 3 aromatic rings. The zero-order valence-electron chi connectivity index (χ0n) is 17.7. The Morgan fingerprint density at radius 1 is 0.966 bits per heavy atom. The third kappa shape index (κ3) is 4.99. The quantitative estimate of drug-likeness (QED) is 0.631. The topological polar surface area (TPSA) is 58.1 Å². The van der Waals surface area contributed by atoms with E-state index in [0.717, 1.165) is 28.1 Å². The van der Waals surface area contributed by atoms with E-state index in [0.29, 0.717) is 18.2 Å². The lowest BCUT2D eigenvalue weighted by molar-refractivity contribution is 0.0684. The number of rotatable bonds is 6. The maximum atomic E-state index is 13.3. The Labute approximate surface area is 172 Å². The van der Waals surface area contributed by atoms with Crippen LogP contribution in [0, 0.1) is 20.8 Å². The van der Waals surface area contributed by atoms with Crippen molar-refractivity contribution in [1.29, 1.82) is 0 Å². The number of carbonyl (C=O) groups excluding carboxylic acids is 1. The number of aryl methyl sites for hydroxylation is 3. The van der Waals surface area contributed by atoms with E-state index in [1.807, 2.05) is 88.0 Å². The van der Waals surface area contributed by atoms with Crippen molar-refractivity contribution in [3.05, 3.63) is 82.7 Å². The number of anilines is 2. The van der Waals surface area contributed by atoms with Gasteiger partial charge in [-0.25, -0.2) is 9.97 Å². The van der Waals surface area contributed by atoms with E-state index in [1.54, 1.807) is 6.07 Å². The number of para-hydroxylation sites is 1. The van der Waals surface area contributed by atoms with Gasteiger partial charge in [0.25, 0.3) is 5.91 Å². The summed E-state index contributed by atoms with van der Waals surface area (Å²) in [5, 5.41) is 3.30. The summed E-state index contributed by atoms with van der Waals surface area (Å²) in [4.78, 5) is 24.2. The molecule has 0 aliphatic rings. The first-order chi connectivity index (χ1) is 13.8. The van der Waals surface area contributed by atoms with Crippen LogP contribution in [0.3, 0.4) is 0 Å². The maximum absolute atomic E-state index is 13.3. The van der Waals surface area contributed by atoms with Gasteiger partial charge < -0.3 is 10.2 Å². The molecule has 2 aromatic carbocycles. The Bertz CT molecular complexity index is 979. The van der Waals surface area contributed by atoms with E-state index >= 15 is 0 Å². The first-order valence-electron chi connectivity index (χ1n) is 9.89. The predicted octanol–water partition coefficient (Wildman–Crippen LogP) is 5.20. The van der Waals surface area contributed by atoms with E-state index in [4.69, 9.17) is 0 Å². The lowest BCUT2D eigenvalue weighted by Gasteiger charge is -2.27. The van der Waals surface area contributed by atoms with Crippen molar-refractivity contribution in [2.75, 3.05) is 5.32 Å². The second kappa shape index (κ2) is 8.86. The fourth-order valence-electron chi connectivity index (χ4n) is 3.27. The minimum absolute atomic E-state index is 0.0491. The summed E-state index contributed by atoms with van der Waals surface area (Å²) in [7, 11) is 0. The molecule has 29 heavy (non-hydrogen) atoms. The van der Waals surface area contributed by atoms with Crippen LogP contribution in [0.1, 0.15) is 46.7 Å². The number of hydrogen-bond donors (Lipinski definition) is 1. The molecule has 0 saturated carbocycles. The number of nitrogens with one attached hydrogen (secondary N) is 1. The summed E-state index contributed by atoms with van der Waals surface area (Å²) < 4.78 is 0. The van der Waals surface area contributed by atoms with Crippen LogP contribution in [-0.2, 0) is 6.54 Å². The molecular formula is C24H28N4O. The van der Waals surface area contributed by atoms with Gasteiger partial charge in [0, 0.05) is 24.0 Å². The normalized spacial score (nSPS) is 10.8. The summed E-state index contributed by atoms with van der Waals surface area (Å²) in [6.07, 6.45) is 0. The van der Waals surface area contributed by atoms with Crippen LogP contribution in [0.5, 0.6) is 0 Å². The Morgan fingerprint density at radius 2 is 1.62 bits per heavy atom. The molecule has 1 heterocycles. The molecule has 3 rings (SSSR count). The van der Waals surface area contributed by atoms with Crippen molar-refractivity contribution in [2.24, 2.45) is 0 Å². The SMILES string of the molecule is Cc1cc(C(=O)N(Cc2ccccc2)C(C)C)nc(Nc2c(C)cccc2C)n1. The van der Waals surface area contributed by atoms with Crippen molar-refractivity contribution in [2.45, 2.75) is 47.2 Å². The van der Waals surface area contributed by atoms with E-state index < -0.39 is 0 Å². The predicted molar refractivity (Wildman–Crippen MR) is 117 cm³/mol. The summed E-state index contributed by atoms with van der Waals surface area (Å²) in [6, 6.07) is 17.9. The number of benzene rings is 2. The zero-order chi connectivity index (χ0) is 21.0. The zero-order valence-corrected chi connectivity index (χ0v) is 17.7. The van der Waals surface area contributed by atoms with Crippen molar-refractivity contribution >= 4 is 17.5 Å². The highest BCUT2D eigenvalue weighted by atomic mass is 16.2. The van der Waals surface area contributed by atoms with Crippen molar-refractivity contribution in [3.8, 4) is 0 Å². The van der Waals surface area contributed by atoms with Crippen LogP contribution in [-0.4, -0.2) is 26.8 Å². The smallest absolute Gasteiger partial charge is 0.273 e. The van der Waals surface area contributed by atoms with Crippen LogP contribution in [0.15, 0.2) is 54.6 Å². The van der Waals surface area contributed by atoms with E-state index in [-0.39, 0.29) is 11.9 Å². The van der Waals surface area contributed by atoms with E-state index in [1.165, 1.54) is 0 Å². The Kier molecular flexibility index (Phi) is 6.27. The van der Waals surface area contributed by atoms with Crippen molar-refractivity contribution in [3.63, 3.8) is 0 Å². The fraction of sp³-hybridized carbons (Fsp3) is 0.292. The Morgan fingerprint density at radius 3 is 2.24 bits per heavy atom. The average Bonchev–Trinajstić information content (AvgIpc) is 2.69. The third-order valence-corrected chi connectivity index (χ3v) is 4.87. The van der Waals surface area contributed by atoms with Crippen molar-refractivity contribution in [1.82, 2.24) is 14.9 Å². The molecule has 5 nitrogen and oxygen atoms in total. The molecule has 0 unspecified atom stereocenters. The van der Waals surface area contributed by atoms with Gasteiger partial charge >= 0.3 is 0 Å². The number of nitrogens with zero attached hydrogens (tertiary/aromatic N) is 3. The van der Waals surface area contributed by atoms with Gasteiger partial charge in [-0.1, -0.05) is 48.5 Å². The lowest BCUT2D eigenvalue weighted by atomic mass is 10.1. The number of hydrogen-bond acceptors (Lipinski definition) is 4. The Balaban J connectivity index is 1.90. The van der Waals surface area contributed by atoms with Crippen LogP contribution >= 0.6 is 0 Å². The highest BCUT2D eigenvalue weighted by Gasteiger charge is 2.21. The molecule has 0 saturated heterocycles. The molecule has 0 aliphatic heterocycles. The van der Waals surface area contributed by atoms with Gasteiger partial charge in [-0.3, -0.25) is 4.79 Å². The maximum Gasteiger partial charge on any atom is 0.273 e. The second-order valence-electron chi connectivity index (χ2n) is 7.62. The standard InChI is InChI=1S/C24H28N4O/c1-16(2)28(15-20-12-7-6-8-13-20)23(29)21-14-19(5)25-24(26-21)27-22-17(3)10-9-11-18(22)4/h6-14,16H,15H2,1-5H3,(H,25,26,27). The van der Waals surface area contributed by atoms with Gasteiger partial charge in [0.1, 0.15) is 5.69 Å². The van der Waals surface area contributed by atoms with Gasteiger partial charge in [0.05, 0.1) is 0 Å². The monoisotopic (exact) mass is 388 g/mol. The van der Waals surface area contributed by atoms with Gasteiger partial charge in [0.2, 0.25) is 5.95 Å². The third-order valence-electron chi connectivity index (χ3n) is 4.87. The second-order valence-corrected chi connectivity index (χ2v) is 7.62. The number of amides is 1. The van der Waals surface area contributed by atoms with Crippen LogP contribution in [0.25, 0.3) is 0 Å². The molecule has 1 amide bonds. The first kappa shape index (κ1) is 20.5. The van der Waals surface area contributed by atoms with E-state index in [9.17, 15) is 4.79 Å². The largest absolute Gasteiger partial charge is 0.331 e. The van der Waals surface area contributed by atoms with Crippen LogP contribution in [0.4, 0.5) is 11.6 Å². The fourth-order valence-corrected chi connectivity index (χ4v) is 3.27. The molecule has 0 aliphatic carbocycles. The molecule has 150 valence electrons. The lowest BCUT2D eigenvalue weighted by Crippen LogP contribution is -2.37. The minimum Gasteiger partial charge on any atom is -0.331 e. The molecule has 0 spiro atoms. The molecule has 1 N–H and O–H groups in total. The number of carbonyl (C=O) groups is 1.